The maximum absolute atomic E-state index is 6.11. The van der Waals surface area contributed by atoms with Crippen LogP contribution in [0.3, 0.4) is 0 Å². The largest absolute Gasteiger partial charge is 0.357 e. The number of fused-ring (bicyclic) bond motifs is 3. The number of benzene rings is 1. The van der Waals surface area contributed by atoms with Crippen molar-refractivity contribution < 1.29 is 0 Å². The van der Waals surface area contributed by atoms with E-state index in [-0.39, 0.29) is 6.04 Å². The Morgan fingerprint density at radius 1 is 1.40 bits per heavy atom. The van der Waals surface area contributed by atoms with Crippen molar-refractivity contribution in [1.82, 2.24) is 4.98 Å². The highest BCUT2D eigenvalue weighted by atomic mass is 79.9. The molecule has 1 aromatic carbocycles. The molecule has 0 radical (unpaired) electrons. The molecule has 0 fully saturated rings. The average Bonchev–Trinajstić information content (AvgIpc) is 2.58. The Morgan fingerprint density at radius 2 is 2.27 bits per heavy atom. The van der Waals surface area contributed by atoms with E-state index in [1.165, 1.54) is 28.6 Å². The normalized spacial score (nSPS) is 20.5. The lowest BCUT2D eigenvalue weighted by Crippen LogP contribution is -2.16. The lowest BCUT2D eigenvalue weighted by Gasteiger charge is -2.18. The third-order valence-corrected chi connectivity index (χ3v) is 3.71. The third-order valence-electron chi connectivity index (χ3n) is 3.21. The molecule has 1 aliphatic rings. The summed E-state index contributed by atoms with van der Waals surface area (Å²) in [6.45, 7) is 0. The van der Waals surface area contributed by atoms with Gasteiger partial charge in [0.05, 0.1) is 0 Å². The number of aromatic amines is 1. The van der Waals surface area contributed by atoms with Gasteiger partial charge in [0.25, 0.3) is 0 Å². The van der Waals surface area contributed by atoms with Gasteiger partial charge in [-0.1, -0.05) is 15.9 Å². The Hall–Kier alpha value is -0.800. The second-order valence-corrected chi connectivity index (χ2v) is 5.12. The average molecular weight is 265 g/mol. The molecule has 1 unspecified atom stereocenters. The Bertz CT molecular complexity index is 516. The molecule has 0 spiro atoms. The molecule has 0 saturated carbocycles. The highest BCUT2D eigenvalue weighted by molar-refractivity contribution is 9.10. The van der Waals surface area contributed by atoms with Gasteiger partial charge in [-0.15, -0.1) is 0 Å². The van der Waals surface area contributed by atoms with Crippen LogP contribution in [-0.4, -0.2) is 4.98 Å². The van der Waals surface area contributed by atoms with Crippen LogP contribution in [0, 0.1) is 0 Å². The maximum atomic E-state index is 6.11. The van der Waals surface area contributed by atoms with Gasteiger partial charge >= 0.3 is 0 Å². The van der Waals surface area contributed by atoms with E-state index in [1.807, 2.05) is 0 Å². The van der Waals surface area contributed by atoms with E-state index in [0.29, 0.717) is 0 Å². The zero-order chi connectivity index (χ0) is 10.4. The number of H-pyrrole nitrogens is 1. The van der Waals surface area contributed by atoms with Gasteiger partial charge < -0.3 is 10.7 Å². The van der Waals surface area contributed by atoms with Crippen molar-refractivity contribution in [3.63, 3.8) is 0 Å². The number of nitrogens with one attached hydrogen (secondary N) is 1. The predicted molar refractivity (Wildman–Crippen MR) is 65.9 cm³/mol. The SMILES string of the molecule is NC1CCCc2c1[nH]c1ccc(Br)cc21. The number of aromatic nitrogens is 1. The summed E-state index contributed by atoms with van der Waals surface area (Å²) in [6.07, 6.45) is 3.45. The highest BCUT2D eigenvalue weighted by Gasteiger charge is 2.21. The first-order valence-electron chi connectivity index (χ1n) is 5.31. The van der Waals surface area contributed by atoms with Crippen molar-refractivity contribution in [1.29, 1.82) is 0 Å². The van der Waals surface area contributed by atoms with Crippen molar-refractivity contribution in [2.45, 2.75) is 25.3 Å². The monoisotopic (exact) mass is 264 g/mol. The number of nitrogens with two attached hydrogens (primary N) is 1. The maximum Gasteiger partial charge on any atom is 0.0460 e. The molecule has 2 aromatic rings. The van der Waals surface area contributed by atoms with Crippen molar-refractivity contribution in [3.05, 3.63) is 33.9 Å². The van der Waals surface area contributed by atoms with Gasteiger partial charge in [0, 0.05) is 27.1 Å². The van der Waals surface area contributed by atoms with Gasteiger partial charge in [0.15, 0.2) is 0 Å². The van der Waals surface area contributed by atoms with Gasteiger partial charge in [-0.2, -0.15) is 0 Å². The Labute approximate surface area is 97.0 Å². The standard InChI is InChI=1S/C12H13BrN2/c13-7-4-5-11-9(6-7)8-2-1-3-10(14)12(8)15-11/h4-6,10,15H,1-3,14H2. The van der Waals surface area contributed by atoms with Crippen LogP contribution in [0.5, 0.6) is 0 Å². The second kappa shape index (κ2) is 3.35. The predicted octanol–water partition coefficient (Wildman–Crippen LogP) is 3.27. The molecule has 3 heteroatoms. The van der Waals surface area contributed by atoms with E-state index >= 15 is 0 Å². The molecule has 3 rings (SSSR count). The van der Waals surface area contributed by atoms with Gasteiger partial charge in [0.1, 0.15) is 0 Å². The van der Waals surface area contributed by atoms with Crippen LogP contribution in [0.2, 0.25) is 0 Å². The number of aryl methyl sites for hydroxylation is 1. The Kier molecular flexibility index (Phi) is 2.11. The Balaban J connectivity index is 2.31. The van der Waals surface area contributed by atoms with Gasteiger partial charge in [-0.3, -0.25) is 0 Å². The zero-order valence-electron chi connectivity index (χ0n) is 8.39. The highest BCUT2D eigenvalue weighted by Crippen LogP contribution is 2.34. The fraction of sp³-hybridized carbons (Fsp3) is 0.333. The smallest absolute Gasteiger partial charge is 0.0460 e. The minimum absolute atomic E-state index is 0.194. The van der Waals surface area contributed by atoms with Crippen molar-refractivity contribution >= 4 is 26.8 Å². The lowest BCUT2D eigenvalue weighted by atomic mass is 9.92. The molecule has 0 saturated heterocycles. The summed E-state index contributed by atoms with van der Waals surface area (Å²) in [5.41, 5.74) is 9.98. The van der Waals surface area contributed by atoms with E-state index in [9.17, 15) is 0 Å². The molecule has 0 bridgehead atoms. The van der Waals surface area contributed by atoms with E-state index < -0.39 is 0 Å². The molecule has 1 heterocycles. The molecule has 0 amide bonds. The summed E-state index contributed by atoms with van der Waals surface area (Å²) in [4.78, 5) is 3.45. The second-order valence-electron chi connectivity index (χ2n) is 4.21. The van der Waals surface area contributed by atoms with Crippen LogP contribution in [0.1, 0.15) is 30.1 Å². The summed E-state index contributed by atoms with van der Waals surface area (Å²) in [5.74, 6) is 0. The quantitative estimate of drug-likeness (QED) is 0.754. The van der Waals surface area contributed by atoms with E-state index in [0.717, 1.165) is 17.3 Å². The van der Waals surface area contributed by atoms with E-state index in [4.69, 9.17) is 5.73 Å². The fourth-order valence-corrected chi connectivity index (χ4v) is 2.83. The van der Waals surface area contributed by atoms with Crippen molar-refractivity contribution in [2.75, 3.05) is 0 Å². The molecule has 1 atom stereocenters. The zero-order valence-corrected chi connectivity index (χ0v) is 9.97. The molecular weight excluding hydrogens is 252 g/mol. The fourth-order valence-electron chi connectivity index (χ4n) is 2.47. The van der Waals surface area contributed by atoms with E-state index in [1.54, 1.807) is 0 Å². The van der Waals surface area contributed by atoms with Crippen molar-refractivity contribution in [2.24, 2.45) is 5.73 Å². The van der Waals surface area contributed by atoms with Crippen LogP contribution in [0.25, 0.3) is 10.9 Å². The van der Waals surface area contributed by atoms with Crippen LogP contribution < -0.4 is 5.73 Å². The first kappa shape index (κ1) is 9.43. The topological polar surface area (TPSA) is 41.8 Å². The first-order chi connectivity index (χ1) is 7.25. The van der Waals surface area contributed by atoms with Crippen LogP contribution in [-0.2, 0) is 6.42 Å². The molecule has 1 aromatic heterocycles. The third kappa shape index (κ3) is 1.42. The molecule has 2 nitrogen and oxygen atoms in total. The number of hydrogen-bond donors (Lipinski definition) is 2. The van der Waals surface area contributed by atoms with Crippen LogP contribution >= 0.6 is 15.9 Å². The molecular formula is C12H13BrN2. The lowest BCUT2D eigenvalue weighted by molar-refractivity contribution is 0.562. The van der Waals surface area contributed by atoms with Crippen LogP contribution in [0.15, 0.2) is 22.7 Å². The van der Waals surface area contributed by atoms with Gasteiger partial charge in [-0.05, 0) is 43.0 Å². The van der Waals surface area contributed by atoms with E-state index in [2.05, 4.69) is 39.1 Å². The molecule has 15 heavy (non-hydrogen) atoms. The summed E-state index contributed by atoms with van der Waals surface area (Å²) in [7, 11) is 0. The summed E-state index contributed by atoms with van der Waals surface area (Å²) in [5, 5.41) is 1.33. The first-order valence-corrected chi connectivity index (χ1v) is 6.10. The minimum atomic E-state index is 0.194. The molecule has 1 aliphatic carbocycles. The van der Waals surface area contributed by atoms with Crippen LogP contribution in [0.4, 0.5) is 0 Å². The minimum Gasteiger partial charge on any atom is -0.357 e. The van der Waals surface area contributed by atoms with Gasteiger partial charge in [-0.25, -0.2) is 0 Å². The number of rotatable bonds is 0. The molecule has 3 N–H and O–H groups in total. The summed E-state index contributed by atoms with van der Waals surface area (Å²) >= 11 is 3.51. The summed E-state index contributed by atoms with van der Waals surface area (Å²) < 4.78 is 1.14. The Morgan fingerprint density at radius 3 is 3.13 bits per heavy atom. The molecule has 78 valence electrons. The number of hydrogen-bond acceptors (Lipinski definition) is 1. The molecule has 0 aliphatic heterocycles. The summed E-state index contributed by atoms with van der Waals surface area (Å²) in [6, 6.07) is 6.56. The van der Waals surface area contributed by atoms with Gasteiger partial charge in [0.2, 0.25) is 0 Å². The van der Waals surface area contributed by atoms with Crippen molar-refractivity contribution in [3.8, 4) is 0 Å². The number of halogens is 1.